The molecule has 2 bridgehead atoms. The third-order valence-corrected chi connectivity index (χ3v) is 6.74. The first-order valence-corrected chi connectivity index (χ1v) is 9.64. The first-order valence-electron chi connectivity index (χ1n) is 9.64. The number of carbonyl (C=O) groups is 1. The smallest absolute Gasteiger partial charge is 0.276 e. The Hall–Kier alpha value is -2.54. The maximum Gasteiger partial charge on any atom is 0.276 e. The summed E-state index contributed by atoms with van der Waals surface area (Å²) < 4.78 is 16.0. The lowest BCUT2D eigenvalue weighted by Gasteiger charge is -2.51. The fraction of sp³-hybridized carbons (Fsp3) is 0.500. The zero-order valence-electron chi connectivity index (χ0n) is 14.9. The van der Waals surface area contributed by atoms with Crippen LogP contribution in [0, 0.1) is 5.92 Å². The third-order valence-electron chi connectivity index (χ3n) is 6.74. The minimum absolute atomic E-state index is 0.0178. The summed E-state index contributed by atoms with van der Waals surface area (Å²) in [6.45, 7) is 3.23. The van der Waals surface area contributed by atoms with Crippen LogP contribution in [-0.4, -0.2) is 59.4 Å². The van der Waals surface area contributed by atoms with Crippen LogP contribution in [-0.2, 0) is 0 Å². The highest BCUT2D eigenvalue weighted by molar-refractivity contribution is 5.92. The van der Waals surface area contributed by atoms with Crippen molar-refractivity contribution in [1.29, 1.82) is 0 Å². The van der Waals surface area contributed by atoms with Gasteiger partial charge in [-0.1, -0.05) is 11.2 Å². The molecule has 0 N–H and O–H groups in total. The second-order valence-corrected chi connectivity index (χ2v) is 7.92. The summed E-state index contributed by atoms with van der Waals surface area (Å²) in [4.78, 5) is 17.8. The quantitative estimate of drug-likeness (QED) is 0.810. The van der Waals surface area contributed by atoms with Crippen molar-refractivity contribution < 1.29 is 18.8 Å². The van der Waals surface area contributed by atoms with E-state index in [4.69, 9.17) is 14.0 Å². The fourth-order valence-electron chi connectivity index (χ4n) is 5.56. The van der Waals surface area contributed by atoms with Crippen LogP contribution in [0.25, 0.3) is 0 Å². The Labute approximate surface area is 156 Å². The standard InChI is InChI=1S/C20H21N3O4/c24-20(15-5-8-27-21-15)23-10-14(13-1-2-16-17(9-13)26-11-25-16)19-18(23)12-3-6-22(19)7-4-12/h1-2,5,8-9,12,14,18-19H,3-4,6-7,10-11H2/t14-,18-,19-/m1/s1. The molecule has 5 aliphatic heterocycles. The average molecular weight is 367 g/mol. The Balaban J connectivity index is 1.39. The molecule has 3 atom stereocenters. The third kappa shape index (κ3) is 2.24. The monoisotopic (exact) mass is 367 g/mol. The van der Waals surface area contributed by atoms with E-state index in [-0.39, 0.29) is 24.7 Å². The topological polar surface area (TPSA) is 68.0 Å². The molecule has 6 heterocycles. The summed E-state index contributed by atoms with van der Waals surface area (Å²) in [6.07, 6.45) is 3.79. The molecule has 0 unspecified atom stereocenters. The summed E-state index contributed by atoms with van der Waals surface area (Å²) >= 11 is 0. The molecule has 7 rings (SSSR count). The minimum Gasteiger partial charge on any atom is -0.454 e. The van der Waals surface area contributed by atoms with Gasteiger partial charge in [-0.25, -0.2) is 0 Å². The molecule has 0 aliphatic carbocycles. The van der Waals surface area contributed by atoms with Crippen LogP contribution in [0.15, 0.2) is 35.1 Å². The van der Waals surface area contributed by atoms with Crippen LogP contribution in [0.2, 0.25) is 0 Å². The Morgan fingerprint density at radius 3 is 2.74 bits per heavy atom. The summed E-state index contributed by atoms with van der Waals surface area (Å²) in [7, 11) is 0. The van der Waals surface area contributed by atoms with E-state index >= 15 is 0 Å². The van der Waals surface area contributed by atoms with Crippen molar-refractivity contribution in [3.05, 3.63) is 41.8 Å². The number of piperidine rings is 3. The lowest BCUT2D eigenvalue weighted by atomic mass is 9.75. The van der Waals surface area contributed by atoms with E-state index < -0.39 is 0 Å². The van der Waals surface area contributed by atoms with Gasteiger partial charge in [0.25, 0.3) is 5.91 Å². The van der Waals surface area contributed by atoms with Gasteiger partial charge in [-0.05, 0) is 49.5 Å². The van der Waals surface area contributed by atoms with Gasteiger partial charge in [0, 0.05) is 24.6 Å². The highest BCUT2D eigenvalue weighted by atomic mass is 16.7. The van der Waals surface area contributed by atoms with Crippen molar-refractivity contribution in [1.82, 2.24) is 15.0 Å². The molecule has 1 aromatic heterocycles. The van der Waals surface area contributed by atoms with Gasteiger partial charge in [-0.2, -0.15) is 0 Å². The van der Waals surface area contributed by atoms with Gasteiger partial charge in [0.05, 0.1) is 6.04 Å². The molecular weight excluding hydrogens is 346 g/mol. The first-order chi connectivity index (χ1) is 13.3. The van der Waals surface area contributed by atoms with Crippen molar-refractivity contribution in [2.75, 3.05) is 26.4 Å². The minimum atomic E-state index is -0.0178. The molecule has 4 saturated heterocycles. The maximum atomic E-state index is 13.1. The number of amides is 1. The molecule has 2 aromatic rings. The number of likely N-dealkylation sites (tertiary alicyclic amines) is 1. The van der Waals surface area contributed by atoms with E-state index in [2.05, 4.69) is 22.2 Å². The van der Waals surface area contributed by atoms with Crippen LogP contribution in [0.3, 0.4) is 0 Å². The molecule has 1 amide bonds. The molecule has 27 heavy (non-hydrogen) atoms. The number of hydrogen-bond acceptors (Lipinski definition) is 6. The zero-order chi connectivity index (χ0) is 18.0. The fourth-order valence-corrected chi connectivity index (χ4v) is 5.56. The number of rotatable bonds is 2. The van der Waals surface area contributed by atoms with Crippen LogP contribution in [0.4, 0.5) is 0 Å². The molecule has 0 saturated carbocycles. The molecule has 4 fully saturated rings. The van der Waals surface area contributed by atoms with Gasteiger partial charge in [-0.3, -0.25) is 9.69 Å². The van der Waals surface area contributed by atoms with Gasteiger partial charge < -0.3 is 18.9 Å². The van der Waals surface area contributed by atoms with Crippen molar-refractivity contribution in [2.45, 2.75) is 30.8 Å². The zero-order valence-corrected chi connectivity index (χ0v) is 14.9. The SMILES string of the molecule is O=C(c1ccon1)N1C[C@H](c2ccc3c(c2)OCO3)[C@@H]2[C@H]1C1CCN2CC1. The van der Waals surface area contributed by atoms with Crippen molar-refractivity contribution >= 4 is 5.91 Å². The molecule has 0 spiro atoms. The lowest BCUT2D eigenvalue weighted by Crippen LogP contribution is -2.60. The number of aromatic nitrogens is 1. The molecule has 7 nitrogen and oxygen atoms in total. The lowest BCUT2D eigenvalue weighted by molar-refractivity contribution is -0.00369. The maximum absolute atomic E-state index is 13.1. The van der Waals surface area contributed by atoms with Crippen LogP contribution in [0.1, 0.15) is 34.8 Å². The van der Waals surface area contributed by atoms with Crippen molar-refractivity contribution in [3.8, 4) is 11.5 Å². The van der Waals surface area contributed by atoms with E-state index in [0.29, 0.717) is 24.2 Å². The Morgan fingerprint density at radius 2 is 1.93 bits per heavy atom. The van der Waals surface area contributed by atoms with Gasteiger partial charge >= 0.3 is 0 Å². The predicted octanol–water partition coefficient (Wildman–Crippen LogP) is 2.11. The summed E-state index contributed by atoms with van der Waals surface area (Å²) in [5.74, 6) is 2.42. The molecule has 0 radical (unpaired) electrons. The molecule has 7 heteroatoms. The van der Waals surface area contributed by atoms with Crippen molar-refractivity contribution in [2.24, 2.45) is 5.92 Å². The Bertz CT molecular complexity index is 875. The van der Waals surface area contributed by atoms with Gasteiger partial charge in [-0.15, -0.1) is 0 Å². The molecule has 5 aliphatic rings. The van der Waals surface area contributed by atoms with E-state index in [1.165, 1.54) is 11.8 Å². The van der Waals surface area contributed by atoms with Gasteiger partial charge in [0.2, 0.25) is 6.79 Å². The second-order valence-electron chi connectivity index (χ2n) is 7.92. The average Bonchev–Trinajstić information content (AvgIpc) is 3.47. The summed E-state index contributed by atoms with van der Waals surface area (Å²) in [6, 6.07) is 8.47. The number of fused-ring (bicyclic) bond motifs is 3. The number of hydrogen-bond donors (Lipinski definition) is 0. The van der Waals surface area contributed by atoms with Crippen LogP contribution in [0.5, 0.6) is 11.5 Å². The van der Waals surface area contributed by atoms with E-state index in [9.17, 15) is 4.79 Å². The van der Waals surface area contributed by atoms with E-state index in [1.54, 1.807) is 6.07 Å². The summed E-state index contributed by atoms with van der Waals surface area (Å²) in [5.41, 5.74) is 1.62. The number of nitrogens with zero attached hydrogens (tertiary/aromatic N) is 3. The van der Waals surface area contributed by atoms with Gasteiger partial charge in [0.15, 0.2) is 17.2 Å². The molecule has 140 valence electrons. The van der Waals surface area contributed by atoms with Crippen molar-refractivity contribution in [3.63, 3.8) is 0 Å². The number of carbonyl (C=O) groups excluding carboxylic acids is 1. The van der Waals surface area contributed by atoms with Crippen LogP contribution < -0.4 is 9.47 Å². The van der Waals surface area contributed by atoms with E-state index in [1.807, 2.05) is 11.0 Å². The highest BCUT2D eigenvalue weighted by Gasteiger charge is 2.55. The first kappa shape index (κ1) is 15.5. The summed E-state index contributed by atoms with van der Waals surface area (Å²) in [5, 5.41) is 3.89. The number of benzene rings is 1. The largest absolute Gasteiger partial charge is 0.454 e. The molecule has 1 aromatic carbocycles. The Kier molecular flexibility index (Phi) is 3.29. The predicted molar refractivity (Wildman–Crippen MR) is 94.7 cm³/mol. The number of ether oxygens (including phenoxy) is 2. The van der Waals surface area contributed by atoms with E-state index in [0.717, 1.165) is 37.4 Å². The second kappa shape index (κ2) is 5.73. The van der Waals surface area contributed by atoms with Gasteiger partial charge in [0.1, 0.15) is 6.26 Å². The Morgan fingerprint density at radius 1 is 1.07 bits per heavy atom. The molecular formula is C20H21N3O4. The highest BCUT2D eigenvalue weighted by Crippen LogP contribution is 2.48. The van der Waals surface area contributed by atoms with Crippen LogP contribution >= 0.6 is 0 Å². The normalized spacial score (nSPS) is 33.3.